The van der Waals surface area contributed by atoms with Crippen molar-refractivity contribution < 1.29 is 27.1 Å². The molecule has 2 aromatic heterocycles. The maximum Gasteiger partial charge on any atom is 0.386 e. The predicted octanol–water partition coefficient (Wildman–Crippen LogP) is 4.11. The Morgan fingerprint density at radius 1 is 1.46 bits per heavy atom. The number of thiol groups is 2. The second kappa shape index (κ2) is 10.1. The van der Waals surface area contributed by atoms with Gasteiger partial charge in [-0.3, -0.25) is 9.05 Å². The third-order valence-electron chi connectivity index (χ3n) is 4.16. The molecular formula is C14H21FN4O5P2S2. The van der Waals surface area contributed by atoms with Gasteiger partial charge in [-0.1, -0.05) is 24.5 Å². The van der Waals surface area contributed by atoms with Crippen molar-refractivity contribution >= 4 is 50.0 Å². The molecule has 1 fully saturated rings. The molecular weight excluding hydrogens is 449 g/mol. The molecule has 0 amide bonds. The minimum absolute atomic E-state index is 0.152. The molecule has 2 aromatic rings. The van der Waals surface area contributed by atoms with Gasteiger partial charge in [0.1, 0.15) is 30.4 Å². The highest BCUT2D eigenvalue weighted by atomic mass is 32.7. The fourth-order valence-corrected chi connectivity index (χ4v) is 4.92. The summed E-state index contributed by atoms with van der Waals surface area (Å²) in [6.07, 6.45) is 2.62. The highest BCUT2D eigenvalue weighted by Crippen LogP contribution is 2.56. The van der Waals surface area contributed by atoms with Crippen LogP contribution in [-0.2, 0) is 35.8 Å². The molecule has 1 aliphatic rings. The molecule has 0 aliphatic heterocycles. The smallest absolute Gasteiger partial charge is 0.330 e. The molecule has 156 valence electrons. The molecule has 0 saturated heterocycles. The molecule has 1 saturated carbocycles. The molecule has 2 heterocycles. The number of alkyl halides is 1. The second-order valence-corrected chi connectivity index (χ2v) is 11.0. The van der Waals surface area contributed by atoms with Crippen LogP contribution in [0.3, 0.4) is 0 Å². The van der Waals surface area contributed by atoms with Gasteiger partial charge in [0, 0.05) is 13.7 Å². The Morgan fingerprint density at radius 2 is 2.29 bits per heavy atom. The maximum absolute atomic E-state index is 13.7. The van der Waals surface area contributed by atoms with Crippen molar-refractivity contribution in [1.82, 2.24) is 19.5 Å². The van der Waals surface area contributed by atoms with Crippen molar-refractivity contribution in [3.05, 3.63) is 18.3 Å². The normalized spacial score (nSPS) is 23.1. The molecule has 4 unspecified atom stereocenters. The first-order valence-corrected chi connectivity index (χ1v) is 13.5. The monoisotopic (exact) mass is 470 g/mol. The van der Waals surface area contributed by atoms with Crippen LogP contribution in [0.2, 0.25) is 0 Å². The van der Waals surface area contributed by atoms with E-state index < -0.39 is 26.7 Å². The summed E-state index contributed by atoms with van der Waals surface area (Å²) in [5, 5.41) is 0. The van der Waals surface area contributed by atoms with Gasteiger partial charge in [-0.25, -0.2) is 23.9 Å². The van der Waals surface area contributed by atoms with Gasteiger partial charge < -0.3 is 13.6 Å². The summed E-state index contributed by atoms with van der Waals surface area (Å²) in [5.74, 6) is 0.445. The Bertz CT molecular complexity index is 847. The zero-order chi connectivity index (χ0) is 20.1. The molecule has 0 N–H and O–H groups in total. The largest absolute Gasteiger partial charge is 0.386 e. The van der Waals surface area contributed by atoms with Crippen LogP contribution in [-0.4, -0.2) is 45.5 Å². The van der Waals surface area contributed by atoms with E-state index in [1.807, 2.05) is 0 Å². The van der Waals surface area contributed by atoms with Gasteiger partial charge in [0.15, 0.2) is 5.65 Å². The third-order valence-corrected chi connectivity index (χ3v) is 7.33. The summed E-state index contributed by atoms with van der Waals surface area (Å²) >= 11 is 8.12. The van der Waals surface area contributed by atoms with Gasteiger partial charge in [0.25, 0.3) is 0 Å². The topological polar surface area (TPSA) is 97.6 Å². The van der Waals surface area contributed by atoms with Gasteiger partial charge in [-0.05, 0) is 19.3 Å². The van der Waals surface area contributed by atoms with Gasteiger partial charge >= 0.3 is 6.80 Å². The van der Waals surface area contributed by atoms with Crippen molar-refractivity contribution in [2.24, 2.45) is 0 Å². The van der Waals surface area contributed by atoms with Crippen molar-refractivity contribution in [1.29, 1.82) is 0 Å². The lowest BCUT2D eigenvalue weighted by molar-refractivity contribution is 0.102. The van der Waals surface area contributed by atoms with Crippen LogP contribution >= 0.6 is 38.9 Å². The van der Waals surface area contributed by atoms with E-state index in [-0.39, 0.29) is 6.61 Å². The molecule has 9 nitrogen and oxygen atoms in total. The number of nitrogens with zero attached hydrogens (tertiary/aromatic N) is 4. The summed E-state index contributed by atoms with van der Waals surface area (Å²) in [7, 11) is 0.241. The van der Waals surface area contributed by atoms with Crippen LogP contribution in [0.5, 0.6) is 0 Å². The van der Waals surface area contributed by atoms with Crippen LogP contribution in [0.15, 0.2) is 12.5 Å². The van der Waals surface area contributed by atoms with Gasteiger partial charge in [0.2, 0.25) is 7.58 Å². The van der Waals surface area contributed by atoms with Crippen molar-refractivity contribution in [3.8, 4) is 0 Å². The number of rotatable bonds is 10. The first-order valence-electron chi connectivity index (χ1n) is 8.50. The zero-order valence-electron chi connectivity index (χ0n) is 15.0. The lowest BCUT2D eigenvalue weighted by atomic mass is 10.3. The summed E-state index contributed by atoms with van der Waals surface area (Å²) in [6.45, 7) is -3.21. The first-order chi connectivity index (χ1) is 13.4. The van der Waals surface area contributed by atoms with Gasteiger partial charge in [-0.15, -0.1) is 0 Å². The Hall–Kier alpha value is -0.320. The Morgan fingerprint density at radius 3 is 3.00 bits per heavy atom. The number of hydrogen-bond acceptors (Lipinski definition) is 9. The van der Waals surface area contributed by atoms with Crippen molar-refractivity contribution in [2.45, 2.75) is 44.7 Å². The van der Waals surface area contributed by atoms with Crippen molar-refractivity contribution in [3.63, 3.8) is 0 Å². The molecule has 0 aromatic carbocycles. The SMILES string of the molecule is COP(S)OCCn1c(COP(=O)(S)OC2CCCC2F)nc2cncnc21. The van der Waals surface area contributed by atoms with E-state index in [0.29, 0.717) is 49.4 Å². The Kier molecular flexibility index (Phi) is 8.09. The van der Waals surface area contributed by atoms with E-state index in [1.54, 1.807) is 10.8 Å². The van der Waals surface area contributed by atoms with Crippen LogP contribution < -0.4 is 0 Å². The molecule has 14 heteroatoms. The second-order valence-electron chi connectivity index (χ2n) is 6.00. The lowest BCUT2D eigenvalue weighted by Gasteiger charge is -2.19. The van der Waals surface area contributed by atoms with Crippen molar-refractivity contribution in [2.75, 3.05) is 13.7 Å². The highest BCUT2D eigenvalue weighted by molar-refractivity contribution is 8.44. The van der Waals surface area contributed by atoms with Gasteiger partial charge in [0.05, 0.1) is 18.9 Å². The van der Waals surface area contributed by atoms with Crippen LogP contribution in [0.1, 0.15) is 25.1 Å². The summed E-state index contributed by atoms with van der Waals surface area (Å²) in [5.41, 5.74) is 1.13. The number of aromatic nitrogens is 4. The van der Waals surface area contributed by atoms with E-state index in [9.17, 15) is 8.96 Å². The summed E-state index contributed by atoms with van der Waals surface area (Å²) in [6, 6.07) is 0. The quantitative estimate of drug-likeness (QED) is 0.396. The fraction of sp³-hybridized carbons (Fsp3) is 0.643. The van der Waals surface area contributed by atoms with E-state index in [2.05, 4.69) is 39.4 Å². The first kappa shape index (κ1) is 22.4. The molecule has 28 heavy (non-hydrogen) atoms. The van der Waals surface area contributed by atoms with E-state index >= 15 is 0 Å². The number of halogens is 1. The maximum atomic E-state index is 13.7. The molecule has 4 atom stereocenters. The minimum atomic E-state index is -3.75. The molecule has 3 rings (SSSR count). The number of imidazole rings is 1. The summed E-state index contributed by atoms with van der Waals surface area (Å²) < 4.78 is 49.1. The molecule has 0 radical (unpaired) electrons. The minimum Gasteiger partial charge on any atom is -0.330 e. The van der Waals surface area contributed by atoms with E-state index in [4.69, 9.17) is 18.1 Å². The van der Waals surface area contributed by atoms with E-state index in [0.717, 1.165) is 0 Å². The van der Waals surface area contributed by atoms with Crippen LogP contribution in [0.25, 0.3) is 11.2 Å². The average Bonchev–Trinajstić information content (AvgIpc) is 3.23. The number of fused-ring (bicyclic) bond motifs is 1. The summed E-state index contributed by atoms with van der Waals surface area (Å²) in [4.78, 5) is 12.6. The third kappa shape index (κ3) is 5.86. The average molecular weight is 470 g/mol. The lowest BCUT2D eigenvalue weighted by Crippen LogP contribution is -2.17. The predicted molar refractivity (Wildman–Crippen MR) is 109 cm³/mol. The Labute approximate surface area is 173 Å². The zero-order valence-corrected chi connectivity index (χ0v) is 18.6. The van der Waals surface area contributed by atoms with Gasteiger partial charge in [-0.2, -0.15) is 0 Å². The van der Waals surface area contributed by atoms with Crippen LogP contribution in [0, 0.1) is 0 Å². The number of hydrogen-bond donors (Lipinski definition) is 2. The highest BCUT2D eigenvalue weighted by Gasteiger charge is 2.34. The standard InChI is InChI=1S/C14H21FN4O5P2S2/c1-21-25(27)22-6-5-19-13(18-11-7-16-9-17-14(11)19)8-23-26(20,28)24-12-4-2-3-10(12)15/h7,9-10,12,27H,2-6,8H2,1H3,(H,20,28). The molecule has 1 aliphatic carbocycles. The molecule has 0 bridgehead atoms. The Balaban J connectivity index is 1.69. The van der Waals surface area contributed by atoms with Crippen LogP contribution in [0.4, 0.5) is 4.39 Å². The molecule has 0 spiro atoms. The van der Waals surface area contributed by atoms with E-state index in [1.165, 1.54) is 13.4 Å². The fourth-order valence-electron chi connectivity index (χ4n) is 2.87.